The quantitative estimate of drug-likeness (QED) is 0.655. The van der Waals surface area contributed by atoms with E-state index < -0.39 is 22.3 Å². The van der Waals surface area contributed by atoms with Crippen molar-refractivity contribution in [3.8, 4) is 0 Å². The number of nitro benzene ring substituents is 1. The summed E-state index contributed by atoms with van der Waals surface area (Å²) in [5.74, 6) is -1.11. The maximum Gasteiger partial charge on any atom is 0.329 e. The summed E-state index contributed by atoms with van der Waals surface area (Å²) in [6.07, 6.45) is 2.27. The van der Waals surface area contributed by atoms with Crippen LogP contribution in [-0.4, -0.2) is 27.4 Å². The number of carbonyl (C=O) groups is 2. The van der Waals surface area contributed by atoms with Gasteiger partial charge in [0.25, 0.3) is 11.6 Å². The van der Waals surface area contributed by atoms with Gasteiger partial charge in [-0.2, -0.15) is 0 Å². The van der Waals surface area contributed by atoms with Crippen molar-refractivity contribution < 1.29 is 19.6 Å². The van der Waals surface area contributed by atoms with Crippen LogP contribution in [0.5, 0.6) is 0 Å². The molecular formula is C15H18N2O5. The number of carboxylic acid groups (broad SMARTS) is 1. The first kappa shape index (κ1) is 15.9. The summed E-state index contributed by atoms with van der Waals surface area (Å²) in [6.45, 7) is 2.06. The summed E-state index contributed by atoms with van der Waals surface area (Å²) in [5, 5.41) is 22.7. The zero-order valence-corrected chi connectivity index (χ0v) is 12.2. The van der Waals surface area contributed by atoms with E-state index in [0.717, 1.165) is 12.8 Å². The number of hydrogen-bond donors (Lipinski definition) is 2. The molecule has 1 aromatic rings. The standard InChI is InChI=1S/C15H18N2O5/c1-10-6-8-15(9-7-10,14(19)20)16-13(18)11-2-4-12(5-3-11)17(21)22/h2-5,10H,6-9H2,1H3,(H,16,18)(H,19,20). The van der Waals surface area contributed by atoms with E-state index in [1.165, 1.54) is 24.3 Å². The van der Waals surface area contributed by atoms with Crippen LogP contribution in [0.1, 0.15) is 43.0 Å². The van der Waals surface area contributed by atoms with Gasteiger partial charge in [0.2, 0.25) is 0 Å². The number of amides is 1. The second-order valence-electron chi connectivity index (χ2n) is 5.83. The maximum atomic E-state index is 12.2. The van der Waals surface area contributed by atoms with Crippen LogP contribution in [0.4, 0.5) is 5.69 Å². The smallest absolute Gasteiger partial charge is 0.329 e. The van der Waals surface area contributed by atoms with E-state index in [4.69, 9.17) is 0 Å². The molecule has 2 rings (SSSR count). The van der Waals surface area contributed by atoms with Crippen molar-refractivity contribution in [3.63, 3.8) is 0 Å². The number of nitrogens with one attached hydrogen (secondary N) is 1. The lowest BCUT2D eigenvalue weighted by Crippen LogP contribution is -2.56. The van der Waals surface area contributed by atoms with Crippen molar-refractivity contribution in [2.75, 3.05) is 0 Å². The van der Waals surface area contributed by atoms with Crippen LogP contribution in [0.15, 0.2) is 24.3 Å². The summed E-state index contributed by atoms with van der Waals surface area (Å²) in [4.78, 5) is 33.9. The van der Waals surface area contributed by atoms with Crippen LogP contribution in [0.25, 0.3) is 0 Å². The van der Waals surface area contributed by atoms with E-state index in [2.05, 4.69) is 12.2 Å². The molecule has 22 heavy (non-hydrogen) atoms. The lowest BCUT2D eigenvalue weighted by Gasteiger charge is -2.36. The van der Waals surface area contributed by atoms with Gasteiger partial charge in [-0.05, 0) is 43.7 Å². The molecule has 118 valence electrons. The van der Waals surface area contributed by atoms with Gasteiger partial charge >= 0.3 is 5.97 Å². The van der Waals surface area contributed by atoms with E-state index >= 15 is 0 Å². The predicted octanol–water partition coefficient (Wildman–Crippen LogP) is 2.36. The van der Waals surface area contributed by atoms with Crippen LogP contribution in [-0.2, 0) is 4.79 Å². The largest absolute Gasteiger partial charge is 0.480 e. The van der Waals surface area contributed by atoms with Crippen molar-refractivity contribution in [2.24, 2.45) is 5.92 Å². The molecular weight excluding hydrogens is 288 g/mol. The van der Waals surface area contributed by atoms with Gasteiger partial charge in [0, 0.05) is 17.7 Å². The Morgan fingerprint density at radius 2 is 1.82 bits per heavy atom. The predicted molar refractivity (Wildman–Crippen MR) is 78.6 cm³/mol. The minimum absolute atomic E-state index is 0.115. The molecule has 2 N–H and O–H groups in total. The molecule has 1 amide bonds. The highest BCUT2D eigenvalue weighted by Gasteiger charge is 2.42. The summed E-state index contributed by atoms with van der Waals surface area (Å²) in [5.41, 5.74) is -1.15. The van der Waals surface area contributed by atoms with Crippen molar-refractivity contribution in [1.29, 1.82) is 0 Å². The molecule has 0 heterocycles. The highest BCUT2D eigenvalue weighted by Crippen LogP contribution is 2.32. The molecule has 0 unspecified atom stereocenters. The van der Waals surface area contributed by atoms with Crippen LogP contribution in [0, 0.1) is 16.0 Å². The van der Waals surface area contributed by atoms with Gasteiger partial charge in [-0.25, -0.2) is 4.79 Å². The average Bonchev–Trinajstić information content (AvgIpc) is 2.49. The fourth-order valence-electron chi connectivity index (χ4n) is 2.67. The van der Waals surface area contributed by atoms with Crippen LogP contribution in [0.3, 0.4) is 0 Å². The number of nitrogens with zero attached hydrogens (tertiary/aromatic N) is 1. The summed E-state index contributed by atoms with van der Waals surface area (Å²) in [7, 11) is 0. The second kappa shape index (κ2) is 6.13. The molecule has 7 heteroatoms. The first-order valence-electron chi connectivity index (χ1n) is 7.14. The number of rotatable bonds is 4. The van der Waals surface area contributed by atoms with Gasteiger partial charge in [-0.3, -0.25) is 14.9 Å². The third kappa shape index (κ3) is 3.24. The van der Waals surface area contributed by atoms with Crippen molar-refractivity contribution in [3.05, 3.63) is 39.9 Å². The number of nitro groups is 1. The van der Waals surface area contributed by atoms with Gasteiger partial charge < -0.3 is 10.4 Å². The number of benzene rings is 1. The van der Waals surface area contributed by atoms with Crippen LogP contribution in [0.2, 0.25) is 0 Å². The van der Waals surface area contributed by atoms with Crippen molar-refractivity contribution in [1.82, 2.24) is 5.32 Å². The number of hydrogen-bond acceptors (Lipinski definition) is 4. The fourth-order valence-corrected chi connectivity index (χ4v) is 2.67. The first-order valence-corrected chi connectivity index (χ1v) is 7.14. The lowest BCUT2D eigenvalue weighted by molar-refractivity contribution is -0.384. The Kier molecular flexibility index (Phi) is 4.44. The number of non-ortho nitro benzene ring substituents is 1. The molecule has 1 fully saturated rings. The summed E-state index contributed by atoms with van der Waals surface area (Å²) in [6, 6.07) is 5.11. The Morgan fingerprint density at radius 3 is 2.27 bits per heavy atom. The molecule has 0 radical (unpaired) electrons. The lowest BCUT2D eigenvalue weighted by atomic mass is 9.77. The van der Waals surface area contributed by atoms with E-state index in [0.29, 0.717) is 18.8 Å². The Labute approximate surface area is 127 Å². The number of carbonyl (C=O) groups excluding carboxylic acids is 1. The molecule has 1 aliphatic rings. The van der Waals surface area contributed by atoms with Gasteiger partial charge in [-0.15, -0.1) is 0 Å². The van der Waals surface area contributed by atoms with E-state index in [1.54, 1.807) is 0 Å². The van der Waals surface area contributed by atoms with E-state index in [-0.39, 0.29) is 11.3 Å². The molecule has 0 saturated heterocycles. The molecule has 0 spiro atoms. The third-order valence-corrected chi connectivity index (χ3v) is 4.23. The zero-order chi connectivity index (χ0) is 16.3. The SMILES string of the molecule is CC1CCC(NC(=O)c2ccc([N+](=O)[O-])cc2)(C(=O)O)CC1. The molecule has 0 aromatic heterocycles. The molecule has 7 nitrogen and oxygen atoms in total. The third-order valence-electron chi connectivity index (χ3n) is 4.23. The average molecular weight is 306 g/mol. The fraction of sp³-hybridized carbons (Fsp3) is 0.467. The molecule has 0 bridgehead atoms. The maximum absolute atomic E-state index is 12.2. The summed E-state index contributed by atoms with van der Waals surface area (Å²) < 4.78 is 0. The Bertz CT molecular complexity index is 588. The molecule has 0 aliphatic heterocycles. The van der Waals surface area contributed by atoms with Crippen LogP contribution < -0.4 is 5.32 Å². The van der Waals surface area contributed by atoms with Gasteiger partial charge in [0.15, 0.2) is 0 Å². The second-order valence-corrected chi connectivity index (χ2v) is 5.83. The molecule has 1 saturated carbocycles. The van der Waals surface area contributed by atoms with Crippen molar-refractivity contribution >= 4 is 17.6 Å². The summed E-state index contributed by atoms with van der Waals surface area (Å²) >= 11 is 0. The minimum atomic E-state index is -1.24. The van der Waals surface area contributed by atoms with Crippen molar-refractivity contribution in [2.45, 2.75) is 38.1 Å². The highest BCUT2D eigenvalue weighted by molar-refractivity contribution is 5.98. The normalized spacial score (nSPS) is 24.5. The molecule has 1 aliphatic carbocycles. The monoisotopic (exact) mass is 306 g/mol. The molecule has 0 atom stereocenters. The Balaban J connectivity index is 2.14. The topological polar surface area (TPSA) is 110 Å². The van der Waals surface area contributed by atoms with Crippen LogP contribution >= 0.6 is 0 Å². The Morgan fingerprint density at radius 1 is 1.27 bits per heavy atom. The minimum Gasteiger partial charge on any atom is -0.480 e. The van der Waals surface area contributed by atoms with Gasteiger partial charge in [0.1, 0.15) is 5.54 Å². The van der Waals surface area contributed by atoms with E-state index in [1.807, 2.05) is 0 Å². The van der Waals surface area contributed by atoms with E-state index in [9.17, 15) is 24.8 Å². The Hall–Kier alpha value is -2.44. The molecule has 1 aromatic carbocycles. The van der Waals surface area contributed by atoms with Gasteiger partial charge in [0.05, 0.1) is 4.92 Å². The zero-order valence-electron chi connectivity index (χ0n) is 12.2. The number of carboxylic acids is 1. The van der Waals surface area contributed by atoms with Gasteiger partial charge in [-0.1, -0.05) is 6.92 Å². The first-order chi connectivity index (χ1) is 10.3. The highest BCUT2D eigenvalue weighted by atomic mass is 16.6. The number of aliphatic carboxylic acids is 1.